The minimum absolute atomic E-state index is 0.219. The molecular weight excluding hydrogens is 444 g/mol. The van der Waals surface area contributed by atoms with E-state index in [9.17, 15) is 14.4 Å². The van der Waals surface area contributed by atoms with Gasteiger partial charge >= 0.3 is 18.0 Å². The number of anilines is 2. The number of rotatable bonds is 7. The van der Waals surface area contributed by atoms with Crippen LogP contribution in [0.25, 0.3) is 0 Å². The Bertz CT molecular complexity index is 1070. The minimum atomic E-state index is -0.703. The maximum atomic E-state index is 12.8. The van der Waals surface area contributed by atoms with Crippen LogP contribution < -0.4 is 16.0 Å². The van der Waals surface area contributed by atoms with Crippen molar-refractivity contribution >= 4 is 41.0 Å². The van der Waals surface area contributed by atoms with Gasteiger partial charge in [0, 0.05) is 28.6 Å². The summed E-state index contributed by atoms with van der Waals surface area (Å²) < 4.78 is 5.27. The van der Waals surface area contributed by atoms with Gasteiger partial charge in [-0.1, -0.05) is 30.7 Å². The third-order valence-electron chi connectivity index (χ3n) is 5.12. The van der Waals surface area contributed by atoms with Gasteiger partial charge in [0.1, 0.15) is 0 Å². The quantitative estimate of drug-likeness (QED) is 0.478. The maximum absolute atomic E-state index is 12.8. The smallest absolute Gasteiger partial charge is 0.338 e. The second kappa shape index (κ2) is 10.9. The highest BCUT2D eigenvalue weighted by Gasteiger charge is 2.36. The van der Waals surface area contributed by atoms with Crippen molar-refractivity contribution < 1.29 is 19.1 Å². The number of nitrogens with zero attached hydrogens (tertiary/aromatic N) is 1. The van der Waals surface area contributed by atoms with Crippen molar-refractivity contribution in [2.75, 3.05) is 23.8 Å². The van der Waals surface area contributed by atoms with Crippen molar-refractivity contribution in [3.05, 3.63) is 70.4 Å². The molecule has 1 unspecified atom stereocenters. The molecule has 8 nitrogen and oxygen atoms in total. The van der Waals surface area contributed by atoms with E-state index < -0.39 is 18.0 Å². The van der Waals surface area contributed by atoms with Gasteiger partial charge in [0.15, 0.2) is 0 Å². The number of allylic oxidation sites excluding steroid dienone is 1. The van der Waals surface area contributed by atoms with E-state index in [0.29, 0.717) is 39.8 Å². The predicted octanol–water partition coefficient (Wildman–Crippen LogP) is 5.30. The molecule has 0 radical (unpaired) electrons. The Hall–Kier alpha value is -3.52. The lowest BCUT2D eigenvalue weighted by Crippen LogP contribution is -2.48. The van der Waals surface area contributed by atoms with E-state index in [2.05, 4.69) is 16.0 Å². The fourth-order valence-electron chi connectivity index (χ4n) is 3.62. The maximum Gasteiger partial charge on any atom is 0.338 e. The standard InChI is InChI=1S/C24H27ClN4O4/c1-4-13-29-15(3)20(22(30)33-5-2)21(28-24(29)32)16-7-6-8-19(14-16)27-23(31)26-18-11-9-17(25)10-12-18/h6-12,14,21H,4-5,13H2,1-3H3,(H,28,32)(H2,26,27,31). The Kier molecular flexibility index (Phi) is 7.95. The van der Waals surface area contributed by atoms with Crippen molar-refractivity contribution in [2.24, 2.45) is 0 Å². The monoisotopic (exact) mass is 470 g/mol. The SMILES string of the molecule is CCCN1C(=O)NC(c2cccc(NC(=O)Nc3ccc(Cl)cc3)c2)C(C(=O)OCC)=C1C. The lowest BCUT2D eigenvalue weighted by Gasteiger charge is -2.35. The molecule has 2 aromatic carbocycles. The van der Waals surface area contributed by atoms with Crippen LogP contribution >= 0.6 is 11.6 Å². The topological polar surface area (TPSA) is 99.8 Å². The predicted molar refractivity (Wildman–Crippen MR) is 128 cm³/mol. The first-order valence-corrected chi connectivity index (χ1v) is 11.1. The van der Waals surface area contributed by atoms with E-state index in [0.717, 1.165) is 6.42 Å². The molecule has 0 saturated carbocycles. The van der Waals surface area contributed by atoms with Crippen molar-refractivity contribution in [1.82, 2.24) is 10.2 Å². The molecule has 3 N–H and O–H groups in total. The molecule has 9 heteroatoms. The number of halogens is 1. The van der Waals surface area contributed by atoms with E-state index in [1.807, 2.05) is 6.92 Å². The highest BCUT2D eigenvalue weighted by molar-refractivity contribution is 6.30. The lowest BCUT2D eigenvalue weighted by molar-refractivity contribution is -0.139. The van der Waals surface area contributed by atoms with Crippen LogP contribution in [0.2, 0.25) is 5.02 Å². The van der Waals surface area contributed by atoms with Crippen LogP contribution in [-0.2, 0) is 9.53 Å². The Balaban J connectivity index is 1.86. The summed E-state index contributed by atoms with van der Waals surface area (Å²) in [6.07, 6.45) is 0.744. The average molecular weight is 471 g/mol. The van der Waals surface area contributed by atoms with Crippen molar-refractivity contribution in [3.8, 4) is 0 Å². The number of esters is 1. The molecule has 2 aromatic rings. The van der Waals surface area contributed by atoms with Gasteiger partial charge in [-0.3, -0.25) is 4.90 Å². The fourth-order valence-corrected chi connectivity index (χ4v) is 3.75. The van der Waals surface area contributed by atoms with Crippen LogP contribution in [0.4, 0.5) is 21.0 Å². The summed E-state index contributed by atoms with van der Waals surface area (Å²) in [4.78, 5) is 39.5. The Morgan fingerprint density at radius 2 is 1.79 bits per heavy atom. The van der Waals surface area contributed by atoms with Gasteiger partial charge in [-0.15, -0.1) is 0 Å². The van der Waals surface area contributed by atoms with Crippen LogP contribution in [0.1, 0.15) is 38.8 Å². The number of amides is 4. The molecule has 1 aliphatic rings. The lowest BCUT2D eigenvalue weighted by atomic mass is 9.94. The first kappa shape index (κ1) is 24.1. The molecule has 0 aliphatic carbocycles. The van der Waals surface area contributed by atoms with Crippen LogP contribution in [0, 0.1) is 0 Å². The second-order valence-electron chi connectivity index (χ2n) is 7.47. The summed E-state index contributed by atoms with van der Waals surface area (Å²) in [5.74, 6) is -0.486. The van der Waals surface area contributed by atoms with Gasteiger partial charge in [-0.25, -0.2) is 14.4 Å². The third kappa shape index (κ3) is 5.84. The van der Waals surface area contributed by atoms with Crippen molar-refractivity contribution in [1.29, 1.82) is 0 Å². The Morgan fingerprint density at radius 1 is 1.09 bits per heavy atom. The number of nitrogens with one attached hydrogen (secondary N) is 3. The number of benzene rings is 2. The molecular formula is C24H27ClN4O4. The first-order chi connectivity index (χ1) is 15.8. The van der Waals surface area contributed by atoms with Gasteiger partial charge in [-0.2, -0.15) is 0 Å². The highest BCUT2D eigenvalue weighted by atomic mass is 35.5. The molecule has 0 bridgehead atoms. The summed E-state index contributed by atoms with van der Waals surface area (Å²) in [5.41, 5.74) is 2.67. The molecule has 4 amide bonds. The summed E-state index contributed by atoms with van der Waals surface area (Å²) in [7, 11) is 0. The third-order valence-corrected chi connectivity index (χ3v) is 5.37. The minimum Gasteiger partial charge on any atom is -0.463 e. The zero-order valence-electron chi connectivity index (χ0n) is 18.8. The Labute approximate surface area is 197 Å². The van der Waals surface area contributed by atoms with Gasteiger partial charge in [0.05, 0.1) is 18.2 Å². The van der Waals surface area contributed by atoms with E-state index in [4.69, 9.17) is 16.3 Å². The number of carbonyl (C=O) groups is 3. The van der Waals surface area contributed by atoms with Crippen molar-refractivity contribution in [3.63, 3.8) is 0 Å². The number of hydrogen-bond acceptors (Lipinski definition) is 4. The molecule has 0 saturated heterocycles. The molecule has 3 rings (SSSR count). The largest absolute Gasteiger partial charge is 0.463 e. The highest BCUT2D eigenvalue weighted by Crippen LogP contribution is 2.32. The zero-order valence-corrected chi connectivity index (χ0v) is 19.5. The van der Waals surface area contributed by atoms with E-state index in [1.54, 1.807) is 67.3 Å². The molecule has 174 valence electrons. The Morgan fingerprint density at radius 3 is 2.45 bits per heavy atom. The van der Waals surface area contributed by atoms with Crippen LogP contribution in [0.3, 0.4) is 0 Å². The zero-order chi connectivity index (χ0) is 24.0. The number of ether oxygens (including phenoxy) is 1. The number of carbonyl (C=O) groups excluding carboxylic acids is 3. The second-order valence-corrected chi connectivity index (χ2v) is 7.90. The van der Waals surface area contributed by atoms with E-state index >= 15 is 0 Å². The number of hydrogen-bond donors (Lipinski definition) is 3. The first-order valence-electron chi connectivity index (χ1n) is 10.7. The molecule has 33 heavy (non-hydrogen) atoms. The molecule has 1 heterocycles. The number of urea groups is 2. The summed E-state index contributed by atoms with van der Waals surface area (Å²) in [5, 5.41) is 8.96. The van der Waals surface area contributed by atoms with Crippen LogP contribution in [-0.4, -0.2) is 36.1 Å². The summed E-state index contributed by atoms with van der Waals surface area (Å²) in [6.45, 7) is 6.14. The molecule has 0 spiro atoms. The average Bonchev–Trinajstić information content (AvgIpc) is 2.78. The summed E-state index contributed by atoms with van der Waals surface area (Å²) in [6, 6.07) is 12.3. The van der Waals surface area contributed by atoms with Gasteiger partial charge in [-0.05, 0) is 62.2 Å². The van der Waals surface area contributed by atoms with Crippen LogP contribution in [0.15, 0.2) is 59.8 Å². The van der Waals surface area contributed by atoms with E-state index in [1.165, 1.54) is 0 Å². The van der Waals surface area contributed by atoms with Crippen LogP contribution in [0.5, 0.6) is 0 Å². The molecule has 1 aliphatic heterocycles. The van der Waals surface area contributed by atoms with Gasteiger partial charge in [0.2, 0.25) is 0 Å². The van der Waals surface area contributed by atoms with Gasteiger partial charge in [0.25, 0.3) is 0 Å². The molecule has 0 aromatic heterocycles. The normalized spacial score (nSPS) is 15.7. The molecule has 0 fully saturated rings. The fraction of sp³-hybridized carbons (Fsp3) is 0.292. The van der Waals surface area contributed by atoms with Crippen molar-refractivity contribution in [2.45, 2.75) is 33.2 Å². The summed E-state index contributed by atoms with van der Waals surface area (Å²) >= 11 is 5.87. The molecule has 1 atom stereocenters. The van der Waals surface area contributed by atoms with Gasteiger partial charge < -0.3 is 20.7 Å². The van der Waals surface area contributed by atoms with E-state index in [-0.39, 0.29) is 12.6 Å².